The van der Waals surface area contributed by atoms with E-state index in [0.717, 1.165) is 21.5 Å². The van der Waals surface area contributed by atoms with E-state index in [1.165, 1.54) is 0 Å². The summed E-state index contributed by atoms with van der Waals surface area (Å²) >= 11 is 4.92. The van der Waals surface area contributed by atoms with Gasteiger partial charge in [-0.1, -0.05) is 5.92 Å². The molecule has 2 nitrogen and oxygen atoms in total. The van der Waals surface area contributed by atoms with Gasteiger partial charge in [0, 0.05) is 4.88 Å². The summed E-state index contributed by atoms with van der Waals surface area (Å²) in [6, 6.07) is 1.84. The summed E-state index contributed by atoms with van der Waals surface area (Å²) in [7, 11) is 0. The van der Waals surface area contributed by atoms with Gasteiger partial charge in [0.25, 0.3) is 5.91 Å². The maximum absolute atomic E-state index is 11.9. The summed E-state index contributed by atoms with van der Waals surface area (Å²) in [6.45, 7) is 1.93. The SMILES string of the molecule is C#CC1(NC(=O)c2cc(Br)sc2C)CC1. The third-order valence-corrected chi connectivity index (χ3v) is 4.06. The van der Waals surface area contributed by atoms with Crippen LogP contribution in [0.4, 0.5) is 0 Å². The van der Waals surface area contributed by atoms with Crippen molar-refractivity contribution in [2.24, 2.45) is 0 Å². The fourth-order valence-electron chi connectivity index (χ4n) is 1.39. The molecule has 1 aromatic rings. The highest BCUT2D eigenvalue weighted by Crippen LogP contribution is 2.35. The van der Waals surface area contributed by atoms with E-state index in [9.17, 15) is 4.79 Å². The average molecular weight is 284 g/mol. The lowest BCUT2D eigenvalue weighted by Gasteiger charge is -2.09. The largest absolute Gasteiger partial charge is 0.336 e. The summed E-state index contributed by atoms with van der Waals surface area (Å²) in [6.07, 6.45) is 7.14. The van der Waals surface area contributed by atoms with Gasteiger partial charge >= 0.3 is 0 Å². The third kappa shape index (κ3) is 2.09. The fourth-order valence-corrected chi connectivity index (χ4v) is 3.07. The molecule has 0 atom stereocenters. The third-order valence-electron chi connectivity index (χ3n) is 2.51. The maximum atomic E-state index is 11.9. The van der Waals surface area contributed by atoms with Crippen molar-refractivity contribution >= 4 is 33.2 Å². The van der Waals surface area contributed by atoms with Gasteiger partial charge < -0.3 is 5.32 Å². The Morgan fingerprint density at radius 2 is 2.40 bits per heavy atom. The van der Waals surface area contributed by atoms with Crippen molar-refractivity contribution in [3.63, 3.8) is 0 Å². The Balaban J connectivity index is 2.16. The quantitative estimate of drug-likeness (QED) is 0.831. The monoisotopic (exact) mass is 283 g/mol. The highest BCUT2D eigenvalue weighted by molar-refractivity contribution is 9.11. The van der Waals surface area contributed by atoms with Gasteiger partial charge in [0.2, 0.25) is 0 Å². The lowest BCUT2D eigenvalue weighted by molar-refractivity contribution is 0.0942. The predicted octanol–water partition coefficient (Wildman–Crippen LogP) is 2.71. The Hall–Kier alpha value is -0.790. The number of hydrogen-bond donors (Lipinski definition) is 1. The highest BCUT2D eigenvalue weighted by Gasteiger charge is 2.42. The number of rotatable bonds is 2. The van der Waals surface area contributed by atoms with Gasteiger partial charge in [-0.25, -0.2) is 0 Å². The second kappa shape index (κ2) is 3.66. The summed E-state index contributed by atoms with van der Waals surface area (Å²) in [5.74, 6) is 2.57. The van der Waals surface area contributed by atoms with E-state index in [4.69, 9.17) is 6.42 Å². The highest BCUT2D eigenvalue weighted by atomic mass is 79.9. The molecule has 0 aliphatic heterocycles. The number of aryl methyl sites for hydroxylation is 1. The first-order chi connectivity index (χ1) is 7.06. The smallest absolute Gasteiger partial charge is 0.253 e. The van der Waals surface area contributed by atoms with E-state index in [0.29, 0.717) is 5.56 Å². The van der Waals surface area contributed by atoms with Crippen molar-refractivity contribution in [2.75, 3.05) is 0 Å². The molecule has 1 aromatic heterocycles. The lowest BCUT2D eigenvalue weighted by atomic mass is 10.2. The fraction of sp³-hybridized carbons (Fsp3) is 0.364. The maximum Gasteiger partial charge on any atom is 0.253 e. The number of carbonyl (C=O) groups excluding carboxylic acids is 1. The number of halogens is 1. The zero-order valence-corrected chi connectivity index (χ0v) is 10.7. The van der Waals surface area contributed by atoms with Crippen LogP contribution in [0.5, 0.6) is 0 Å². The van der Waals surface area contributed by atoms with Gasteiger partial charge in [-0.15, -0.1) is 17.8 Å². The van der Waals surface area contributed by atoms with E-state index in [2.05, 4.69) is 27.2 Å². The first kappa shape index (κ1) is 10.7. The van der Waals surface area contributed by atoms with Gasteiger partial charge in [-0.2, -0.15) is 0 Å². The molecule has 1 amide bonds. The molecule has 4 heteroatoms. The minimum Gasteiger partial charge on any atom is -0.336 e. The van der Waals surface area contributed by atoms with E-state index in [-0.39, 0.29) is 11.4 Å². The lowest BCUT2D eigenvalue weighted by Crippen LogP contribution is -2.35. The Morgan fingerprint density at radius 3 is 2.80 bits per heavy atom. The van der Waals surface area contributed by atoms with Crippen LogP contribution >= 0.6 is 27.3 Å². The van der Waals surface area contributed by atoms with Crippen molar-refractivity contribution < 1.29 is 4.79 Å². The molecule has 1 fully saturated rings. The van der Waals surface area contributed by atoms with Crippen molar-refractivity contribution in [1.29, 1.82) is 0 Å². The second-order valence-corrected chi connectivity index (χ2v) is 6.34. The molecular formula is C11H10BrNOS. The molecule has 1 aliphatic rings. The number of carbonyl (C=O) groups is 1. The molecule has 78 valence electrons. The van der Waals surface area contributed by atoms with E-state index >= 15 is 0 Å². The molecule has 1 aliphatic carbocycles. The molecule has 0 bridgehead atoms. The van der Waals surface area contributed by atoms with Crippen LogP contribution in [-0.4, -0.2) is 11.4 Å². The van der Waals surface area contributed by atoms with Crippen LogP contribution in [0.15, 0.2) is 9.85 Å². The normalized spacial score (nSPS) is 16.9. The summed E-state index contributed by atoms with van der Waals surface area (Å²) in [5.41, 5.74) is 0.353. The number of nitrogens with one attached hydrogen (secondary N) is 1. The van der Waals surface area contributed by atoms with Gasteiger partial charge in [0.1, 0.15) is 5.54 Å². The minimum atomic E-state index is -0.363. The zero-order valence-electron chi connectivity index (χ0n) is 8.26. The molecule has 0 saturated heterocycles. The Morgan fingerprint density at radius 1 is 1.73 bits per heavy atom. The molecular weight excluding hydrogens is 274 g/mol. The molecule has 0 radical (unpaired) electrons. The first-order valence-corrected chi connectivity index (χ1v) is 6.23. The Bertz CT molecular complexity index is 454. The van der Waals surface area contributed by atoms with Crippen LogP contribution in [0.2, 0.25) is 0 Å². The van der Waals surface area contributed by atoms with Crippen molar-refractivity contribution in [2.45, 2.75) is 25.3 Å². The van der Waals surface area contributed by atoms with Crippen LogP contribution in [-0.2, 0) is 0 Å². The second-order valence-electron chi connectivity index (χ2n) is 3.70. The molecule has 1 saturated carbocycles. The van der Waals surface area contributed by atoms with Gasteiger partial charge in [0.05, 0.1) is 9.35 Å². The Labute approximate surface area is 101 Å². The van der Waals surface area contributed by atoms with E-state index < -0.39 is 0 Å². The average Bonchev–Trinajstić information content (AvgIpc) is 2.86. The van der Waals surface area contributed by atoms with E-state index in [1.54, 1.807) is 11.3 Å². The number of thiophene rings is 1. The van der Waals surface area contributed by atoms with Gasteiger partial charge in [-0.3, -0.25) is 4.79 Å². The van der Waals surface area contributed by atoms with E-state index in [1.807, 2.05) is 13.0 Å². The molecule has 1 N–H and O–H groups in total. The predicted molar refractivity (Wildman–Crippen MR) is 65.0 cm³/mol. The number of amides is 1. The van der Waals surface area contributed by atoms with Crippen LogP contribution in [0, 0.1) is 19.3 Å². The van der Waals surface area contributed by atoms with Crippen molar-refractivity contribution in [1.82, 2.24) is 5.32 Å². The van der Waals surface area contributed by atoms with Crippen molar-refractivity contribution in [3.05, 3.63) is 20.3 Å². The van der Waals surface area contributed by atoms with Crippen LogP contribution in [0.1, 0.15) is 28.1 Å². The van der Waals surface area contributed by atoms with Gasteiger partial charge in [0.15, 0.2) is 0 Å². The first-order valence-electron chi connectivity index (χ1n) is 4.62. The number of terminal acetylenes is 1. The molecule has 0 aromatic carbocycles. The van der Waals surface area contributed by atoms with Crippen LogP contribution in [0.3, 0.4) is 0 Å². The van der Waals surface area contributed by atoms with Crippen molar-refractivity contribution in [3.8, 4) is 12.3 Å². The Kier molecular flexibility index (Phi) is 2.61. The van der Waals surface area contributed by atoms with Crippen LogP contribution < -0.4 is 5.32 Å². The standard InChI is InChI=1S/C11H10BrNOS/c1-3-11(4-5-11)13-10(14)8-6-9(12)15-7(8)2/h1,6H,4-5H2,2H3,(H,13,14). The van der Waals surface area contributed by atoms with Gasteiger partial charge in [-0.05, 0) is 41.8 Å². The summed E-state index contributed by atoms with van der Waals surface area (Å²) in [5, 5.41) is 2.90. The summed E-state index contributed by atoms with van der Waals surface area (Å²) in [4.78, 5) is 12.9. The molecule has 0 unspecified atom stereocenters. The molecule has 1 heterocycles. The topological polar surface area (TPSA) is 29.1 Å². The minimum absolute atomic E-state index is 0.0649. The zero-order chi connectivity index (χ0) is 11.1. The molecule has 15 heavy (non-hydrogen) atoms. The molecule has 2 rings (SSSR count). The van der Waals surface area contributed by atoms with Crippen LogP contribution in [0.25, 0.3) is 0 Å². The summed E-state index contributed by atoms with van der Waals surface area (Å²) < 4.78 is 0.968. The molecule has 0 spiro atoms. The number of hydrogen-bond acceptors (Lipinski definition) is 2.